The van der Waals surface area contributed by atoms with Gasteiger partial charge in [0.05, 0.1) is 13.2 Å². The highest BCUT2D eigenvalue weighted by molar-refractivity contribution is 6.30. The lowest BCUT2D eigenvalue weighted by molar-refractivity contribution is -0.145. The van der Waals surface area contributed by atoms with E-state index < -0.39 is 0 Å². The number of nitrogens with zero attached hydrogens (tertiary/aromatic N) is 4. The normalized spacial score (nSPS) is 16.4. The molecule has 1 fully saturated rings. The van der Waals surface area contributed by atoms with Gasteiger partial charge >= 0.3 is 0 Å². The number of carbonyl (C=O) groups excluding carboxylic acids is 2. The van der Waals surface area contributed by atoms with Crippen LogP contribution < -0.4 is 0 Å². The highest BCUT2D eigenvalue weighted by atomic mass is 35.5. The fourth-order valence-electron chi connectivity index (χ4n) is 3.54. The van der Waals surface area contributed by atoms with Gasteiger partial charge in [-0.2, -0.15) is 4.98 Å². The summed E-state index contributed by atoms with van der Waals surface area (Å²) in [7, 11) is 3.00. The molecular formula is C21H27ClN4O5. The molecule has 9 nitrogen and oxygen atoms in total. The maximum absolute atomic E-state index is 13.1. The van der Waals surface area contributed by atoms with E-state index in [1.807, 2.05) is 12.1 Å². The van der Waals surface area contributed by atoms with Crippen molar-refractivity contribution in [2.75, 3.05) is 47.1 Å². The van der Waals surface area contributed by atoms with E-state index >= 15 is 0 Å². The van der Waals surface area contributed by atoms with Crippen molar-refractivity contribution in [3.8, 4) is 11.4 Å². The van der Waals surface area contributed by atoms with Gasteiger partial charge in [-0.15, -0.1) is 0 Å². The van der Waals surface area contributed by atoms with E-state index in [0.29, 0.717) is 36.4 Å². The molecule has 31 heavy (non-hydrogen) atoms. The third-order valence-electron chi connectivity index (χ3n) is 5.16. The molecule has 0 saturated carbocycles. The minimum absolute atomic E-state index is 0.0553. The van der Waals surface area contributed by atoms with Crippen LogP contribution in [0.4, 0.5) is 0 Å². The third-order valence-corrected chi connectivity index (χ3v) is 5.42. The van der Waals surface area contributed by atoms with Crippen LogP contribution in [0.1, 0.15) is 31.2 Å². The maximum atomic E-state index is 13.1. The van der Waals surface area contributed by atoms with Crippen LogP contribution in [-0.2, 0) is 19.1 Å². The van der Waals surface area contributed by atoms with Crippen LogP contribution in [0.25, 0.3) is 11.4 Å². The van der Waals surface area contributed by atoms with Gasteiger partial charge < -0.3 is 23.8 Å². The van der Waals surface area contributed by atoms with Crippen LogP contribution in [0.2, 0.25) is 5.02 Å². The number of hydrogen-bond donors (Lipinski definition) is 0. The lowest BCUT2D eigenvalue weighted by Gasteiger charge is -2.35. The quantitative estimate of drug-likeness (QED) is 0.579. The maximum Gasteiger partial charge on any atom is 0.249 e. The average Bonchev–Trinajstić information content (AvgIpc) is 3.27. The minimum Gasteiger partial charge on any atom is -0.383 e. The van der Waals surface area contributed by atoms with Gasteiger partial charge in [-0.3, -0.25) is 9.59 Å². The Labute approximate surface area is 186 Å². The summed E-state index contributed by atoms with van der Waals surface area (Å²) >= 11 is 5.94. The van der Waals surface area contributed by atoms with Gasteiger partial charge in [0.1, 0.15) is 12.6 Å². The number of amides is 2. The summed E-state index contributed by atoms with van der Waals surface area (Å²) in [6.07, 6.45) is 2.55. The van der Waals surface area contributed by atoms with Crippen molar-refractivity contribution < 1.29 is 23.6 Å². The van der Waals surface area contributed by atoms with Crippen molar-refractivity contribution in [3.63, 3.8) is 0 Å². The number of methoxy groups -OCH3 is 2. The summed E-state index contributed by atoms with van der Waals surface area (Å²) < 4.78 is 15.5. The molecule has 1 aromatic carbocycles. The molecular weight excluding hydrogens is 424 g/mol. The highest BCUT2D eigenvalue weighted by Crippen LogP contribution is 2.31. The smallest absolute Gasteiger partial charge is 0.249 e. The lowest BCUT2D eigenvalue weighted by Crippen LogP contribution is -2.47. The fraction of sp³-hybridized carbons (Fsp3) is 0.524. The number of halogens is 1. The summed E-state index contributed by atoms with van der Waals surface area (Å²) in [6, 6.07) is 6.83. The summed E-state index contributed by atoms with van der Waals surface area (Å²) in [4.78, 5) is 33.2. The molecule has 3 rings (SSSR count). The molecule has 1 aliphatic heterocycles. The molecule has 0 radical (unpaired) electrons. The zero-order valence-corrected chi connectivity index (χ0v) is 18.5. The van der Waals surface area contributed by atoms with Gasteiger partial charge in [0.15, 0.2) is 0 Å². The first kappa shape index (κ1) is 23.2. The van der Waals surface area contributed by atoms with Crippen LogP contribution in [0.3, 0.4) is 0 Å². The number of likely N-dealkylation sites (tertiary alicyclic amines) is 1. The molecule has 0 N–H and O–H groups in total. The summed E-state index contributed by atoms with van der Waals surface area (Å²) in [5, 5.41) is 4.70. The van der Waals surface area contributed by atoms with Crippen LogP contribution in [0.15, 0.2) is 28.8 Å². The van der Waals surface area contributed by atoms with E-state index in [9.17, 15) is 9.59 Å². The van der Waals surface area contributed by atoms with E-state index in [0.717, 1.165) is 24.8 Å². The first-order valence-electron chi connectivity index (χ1n) is 10.2. The lowest BCUT2D eigenvalue weighted by atomic mass is 10.0. The zero-order valence-electron chi connectivity index (χ0n) is 17.8. The van der Waals surface area contributed by atoms with E-state index in [-0.39, 0.29) is 31.0 Å². The third kappa shape index (κ3) is 6.03. The second kappa shape index (κ2) is 11.2. The molecule has 1 aliphatic rings. The Kier molecular flexibility index (Phi) is 8.39. The number of benzene rings is 1. The molecule has 1 saturated heterocycles. The topological polar surface area (TPSA) is 98.0 Å². The number of piperidine rings is 1. The first-order valence-corrected chi connectivity index (χ1v) is 10.6. The summed E-state index contributed by atoms with van der Waals surface area (Å²) in [5.74, 6) is 0.409. The summed E-state index contributed by atoms with van der Waals surface area (Å²) in [6.45, 7) is 1.07. The molecule has 2 heterocycles. The molecule has 10 heteroatoms. The SMILES string of the molecule is COCCN(CC(=O)N1CCCCC1c1nc(-c2ccc(Cl)cc2)no1)C(=O)COC. The molecule has 1 aromatic heterocycles. The molecule has 1 unspecified atom stereocenters. The second-order valence-electron chi connectivity index (χ2n) is 7.30. The van der Waals surface area contributed by atoms with Gasteiger partial charge in [-0.25, -0.2) is 0 Å². The predicted molar refractivity (Wildman–Crippen MR) is 113 cm³/mol. The number of hydrogen-bond acceptors (Lipinski definition) is 7. The van der Waals surface area contributed by atoms with Crippen molar-refractivity contribution >= 4 is 23.4 Å². The largest absolute Gasteiger partial charge is 0.383 e. The fourth-order valence-corrected chi connectivity index (χ4v) is 3.66. The van der Waals surface area contributed by atoms with Gasteiger partial charge in [0, 0.05) is 37.9 Å². The van der Waals surface area contributed by atoms with Crippen LogP contribution >= 0.6 is 11.6 Å². The first-order chi connectivity index (χ1) is 15.0. The van der Waals surface area contributed by atoms with E-state index in [1.54, 1.807) is 24.1 Å². The van der Waals surface area contributed by atoms with Crippen LogP contribution in [0.5, 0.6) is 0 Å². The average molecular weight is 451 g/mol. The van der Waals surface area contributed by atoms with E-state index in [4.69, 9.17) is 25.6 Å². The Morgan fingerprint density at radius 1 is 1.23 bits per heavy atom. The number of rotatable bonds is 9. The molecule has 168 valence electrons. The second-order valence-corrected chi connectivity index (χ2v) is 7.74. The Bertz CT molecular complexity index is 873. The van der Waals surface area contributed by atoms with Crippen molar-refractivity contribution in [3.05, 3.63) is 35.2 Å². The standard InChI is InChI=1S/C21H27ClN4O5/c1-29-12-11-25(19(28)14-30-2)13-18(27)26-10-4-3-5-17(26)21-23-20(24-31-21)15-6-8-16(22)9-7-15/h6-9,17H,3-5,10-14H2,1-2H3. The number of ether oxygens (including phenoxy) is 2. The van der Waals surface area contributed by atoms with Crippen molar-refractivity contribution in [1.29, 1.82) is 0 Å². The van der Waals surface area contributed by atoms with Crippen LogP contribution in [-0.4, -0.2) is 78.8 Å². The van der Waals surface area contributed by atoms with Crippen molar-refractivity contribution in [1.82, 2.24) is 19.9 Å². The van der Waals surface area contributed by atoms with Gasteiger partial charge in [-0.05, 0) is 43.5 Å². The number of aromatic nitrogens is 2. The molecule has 1 atom stereocenters. The molecule has 0 aliphatic carbocycles. The number of carbonyl (C=O) groups is 2. The van der Waals surface area contributed by atoms with Crippen molar-refractivity contribution in [2.45, 2.75) is 25.3 Å². The molecule has 2 amide bonds. The zero-order chi connectivity index (χ0) is 22.2. The molecule has 0 bridgehead atoms. The van der Waals surface area contributed by atoms with Gasteiger partial charge in [0.25, 0.3) is 0 Å². The van der Waals surface area contributed by atoms with E-state index in [2.05, 4.69) is 10.1 Å². The van der Waals surface area contributed by atoms with Crippen LogP contribution in [0, 0.1) is 0 Å². The Morgan fingerprint density at radius 3 is 2.71 bits per heavy atom. The Balaban J connectivity index is 1.74. The monoisotopic (exact) mass is 450 g/mol. The van der Waals surface area contributed by atoms with E-state index in [1.165, 1.54) is 12.0 Å². The van der Waals surface area contributed by atoms with Crippen molar-refractivity contribution in [2.24, 2.45) is 0 Å². The molecule has 0 spiro atoms. The van der Waals surface area contributed by atoms with Gasteiger partial charge in [-0.1, -0.05) is 16.8 Å². The summed E-state index contributed by atoms with van der Waals surface area (Å²) in [5.41, 5.74) is 0.781. The Morgan fingerprint density at radius 2 is 2.00 bits per heavy atom. The minimum atomic E-state index is -0.323. The Hall–Kier alpha value is -2.49. The van der Waals surface area contributed by atoms with Gasteiger partial charge in [0.2, 0.25) is 23.5 Å². The predicted octanol–water partition coefficient (Wildman–Crippen LogP) is 2.57. The highest BCUT2D eigenvalue weighted by Gasteiger charge is 2.33. The molecule has 2 aromatic rings.